The number of hydrogen-bond donors (Lipinski definition) is 0. The molecule has 2 aromatic rings. The number of methoxy groups -OCH3 is 1. The number of ether oxygens (including phenoxy) is 1. The number of ketones is 1. The Kier molecular flexibility index (Phi) is 7.09. The summed E-state index contributed by atoms with van der Waals surface area (Å²) in [6.07, 6.45) is 2.61. The van der Waals surface area contributed by atoms with Gasteiger partial charge in [-0.3, -0.25) is 4.79 Å². The van der Waals surface area contributed by atoms with Gasteiger partial charge in [0.2, 0.25) is 0 Å². The van der Waals surface area contributed by atoms with Crippen molar-refractivity contribution >= 4 is 33.5 Å². The minimum absolute atomic E-state index is 0.0152. The van der Waals surface area contributed by atoms with Crippen LogP contribution in [-0.2, 0) is 28.8 Å². The molecule has 4 atom stereocenters. The maximum Gasteiger partial charge on any atom is 0.198 e. The zero-order valence-electron chi connectivity index (χ0n) is 14.2. The third kappa shape index (κ3) is 3.95. The topological polar surface area (TPSA) is 26.3 Å². The summed E-state index contributed by atoms with van der Waals surface area (Å²) in [5.41, 5.74) is 4.21. The minimum atomic E-state index is -0.986. The van der Waals surface area contributed by atoms with Gasteiger partial charge in [0.25, 0.3) is 0 Å². The van der Waals surface area contributed by atoms with Gasteiger partial charge in [-0.05, 0) is 53.7 Å². The molecule has 0 radical (unpaired) electrons. The summed E-state index contributed by atoms with van der Waals surface area (Å²) in [5.74, 6) is -0.0152. The van der Waals surface area contributed by atoms with Gasteiger partial charge in [0, 0.05) is 12.7 Å². The second-order valence-corrected chi connectivity index (χ2v) is 7.08. The normalized spacial score (nSPS) is 13.5. The van der Waals surface area contributed by atoms with Crippen LogP contribution in [0.15, 0.2) is 42.5 Å². The van der Waals surface area contributed by atoms with E-state index >= 15 is 0 Å². The molecule has 0 N–H and O–H groups in total. The molecule has 2 nitrogen and oxygen atoms in total. The van der Waals surface area contributed by atoms with Crippen molar-refractivity contribution in [3.63, 3.8) is 0 Å². The smallest absolute Gasteiger partial charge is 0.198 e. The standard InChI is InChI=1S/C19H25O2P3/c1-19(21-2,17-7-3-13(10-22)4-8-17)18(20)14-5-6-15(11-23)16(9-14)12-24/h3-9H,10-12,22-24H2,1-2H3. The molecule has 0 amide bonds. The Morgan fingerprint density at radius 2 is 1.58 bits per heavy atom. The first kappa shape index (κ1) is 19.7. The Balaban J connectivity index is 2.43. The summed E-state index contributed by atoms with van der Waals surface area (Å²) in [4.78, 5) is 13.2. The first-order chi connectivity index (χ1) is 11.5. The molecule has 0 heterocycles. The molecule has 128 valence electrons. The van der Waals surface area contributed by atoms with Crippen LogP contribution in [0, 0.1) is 0 Å². The maximum atomic E-state index is 13.2. The second-order valence-electron chi connectivity index (χ2n) is 5.86. The predicted molar refractivity (Wildman–Crippen MR) is 112 cm³/mol. The lowest BCUT2D eigenvalue weighted by Crippen LogP contribution is -2.34. The van der Waals surface area contributed by atoms with E-state index in [0.29, 0.717) is 5.56 Å². The van der Waals surface area contributed by atoms with Crippen molar-refractivity contribution < 1.29 is 9.53 Å². The summed E-state index contributed by atoms with van der Waals surface area (Å²) in [6.45, 7) is 1.84. The Morgan fingerprint density at radius 3 is 2.08 bits per heavy atom. The second kappa shape index (κ2) is 8.64. The maximum absolute atomic E-state index is 13.2. The number of carbonyl (C=O) groups is 1. The molecule has 0 saturated heterocycles. The van der Waals surface area contributed by atoms with Crippen LogP contribution in [-0.4, -0.2) is 12.9 Å². The molecule has 0 bridgehead atoms. The molecule has 0 spiro atoms. The first-order valence-electron chi connectivity index (χ1n) is 7.91. The van der Waals surface area contributed by atoms with E-state index < -0.39 is 5.60 Å². The number of hydrogen-bond acceptors (Lipinski definition) is 2. The van der Waals surface area contributed by atoms with Gasteiger partial charge < -0.3 is 4.74 Å². The molecule has 0 saturated carbocycles. The third-order valence-electron chi connectivity index (χ3n) is 4.49. The molecular weight excluding hydrogens is 353 g/mol. The lowest BCUT2D eigenvalue weighted by atomic mass is 9.86. The fourth-order valence-corrected chi connectivity index (χ4v) is 3.78. The van der Waals surface area contributed by atoms with Crippen LogP contribution in [0.25, 0.3) is 0 Å². The fraction of sp³-hybridized carbons (Fsp3) is 0.316. The van der Waals surface area contributed by atoms with Crippen molar-refractivity contribution in [3.05, 3.63) is 70.3 Å². The van der Waals surface area contributed by atoms with E-state index in [1.807, 2.05) is 49.4 Å². The van der Waals surface area contributed by atoms with Crippen LogP contribution in [0.3, 0.4) is 0 Å². The van der Waals surface area contributed by atoms with Crippen molar-refractivity contribution in [2.24, 2.45) is 0 Å². The molecule has 0 aliphatic carbocycles. The highest BCUT2D eigenvalue weighted by Crippen LogP contribution is 2.31. The Morgan fingerprint density at radius 1 is 0.958 bits per heavy atom. The largest absolute Gasteiger partial charge is 0.366 e. The van der Waals surface area contributed by atoms with Gasteiger partial charge in [0.15, 0.2) is 11.4 Å². The van der Waals surface area contributed by atoms with Gasteiger partial charge >= 0.3 is 0 Å². The van der Waals surface area contributed by atoms with E-state index in [9.17, 15) is 4.79 Å². The average Bonchev–Trinajstić information content (AvgIpc) is 2.66. The molecular formula is C19H25O2P3. The van der Waals surface area contributed by atoms with Gasteiger partial charge in [-0.2, -0.15) is 0 Å². The number of Topliss-reactive ketones (excluding diaryl/α,β-unsaturated/α-hetero) is 1. The summed E-state index contributed by atoms with van der Waals surface area (Å²) < 4.78 is 5.68. The van der Waals surface area contributed by atoms with E-state index in [1.165, 1.54) is 16.7 Å². The van der Waals surface area contributed by atoms with Crippen LogP contribution in [0.2, 0.25) is 0 Å². The van der Waals surface area contributed by atoms with Crippen molar-refractivity contribution in [1.82, 2.24) is 0 Å². The minimum Gasteiger partial charge on any atom is -0.366 e. The molecule has 24 heavy (non-hydrogen) atoms. The summed E-state index contributed by atoms with van der Waals surface area (Å²) in [6, 6.07) is 14.0. The van der Waals surface area contributed by atoms with E-state index in [4.69, 9.17) is 4.74 Å². The Labute approximate surface area is 151 Å². The van der Waals surface area contributed by atoms with Crippen LogP contribution in [0.4, 0.5) is 0 Å². The number of benzene rings is 2. The Hall–Kier alpha value is -0.640. The molecule has 2 rings (SSSR count). The highest BCUT2D eigenvalue weighted by atomic mass is 31.0. The zero-order chi connectivity index (χ0) is 17.7. The quantitative estimate of drug-likeness (QED) is 0.522. The lowest BCUT2D eigenvalue weighted by Gasteiger charge is -2.28. The highest BCUT2D eigenvalue weighted by molar-refractivity contribution is 7.16. The number of carbonyl (C=O) groups excluding carboxylic acids is 1. The van der Waals surface area contributed by atoms with Crippen LogP contribution in [0.1, 0.15) is 39.5 Å². The van der Waals surface area contributed by atoms with E-state index in [-0.39, 0.29) is 5.78 Å². The van der Waals surface area contributed by atoms with Crippen molar-refractivity contribution in [1.29, 1.82) is 0 Å². The van der Waals surface area contributed by atoms with Crippen LogP contribution >= 0.6 is 27.7 Å². The van der Waals surface area contributed by atoms with Gasteiger partial charge in [-0.15, -0.1) is 27.7 Å². The lowest BCUT2D eigenvalue weighted by molar-refractivity contribution is 0.0101. The highest BCUT2D eigenvalue weighted by Gasteiger charge is 2.36. The van der Waals surface area contributed by atoms with Crippen molar-refractivity contribution in [2.75, 3.05) is 7.11 Å². The molecule has 4 unspecified atom stereocenters. The molecule has 5 heteroatoms. The molecule has 0 fully saturated rings. The Bertz CT molecular complexity index is 713. The van der Waals surface area contributed by atoms with E-state index in [2.05, 4.69) is 27.7 Å². The van der Waals surface area contributed by atoms with Gasteiger partial charge in [0.1, 0.15) is 0 Å². The first-order valence-corrected chi connectivity index (χ1v) is 10.4. The van der Waals surface area contributed by atoms with Crippen LogP contribution in [0.5, 0.6) is 0 Å². The summed E-state index contributed by atoms with van der Waals surface area (Å²) in [5, 5.41) is 0. The molecule has 0 aliphatic heterocycles. The average molecular weight is 378 g/mol. The third-order valence-corrected chi connectivity index (χ3v) is 5.84. The van der Waals surface area contributed by atoms with E-state index in [1.54, 1.807) is 7.11 Å². The van der Waals surface area contributed by atoms with Crippen molar-refractivity contribution in [3.8, 4) is 0 Å². The fourth-order valence-electron chi connectivity index (χ4n) is 2.73. The van der Waals surface area contributed by atoms with E-state index in [0.717, 1.165) is 24.0 Å². The zero-order valence-corrected chi connectivity index (χ0v) is 17.7. The monoisotopic (exact) mass is 378 g/mol. The van der Waals surface area contributed by atoms with Gasteiger partial charge in [-0.25, -0.2) is 0 Å². The van der Waals surface area contributed by atoms with Crippen molar-refractivity contribution in [2.45, 2.75) is 31.0 Å². The van der Waals surface area contributed by atoms with Crippen LogP contribution < -0.4 is 0 Å². The number of rotatable bonds is 7. The summed E-state index contributed by atoms with van der Waals surface area (Å²) >= 11 is 0. The summed E-state index contributed by atoms with van der Waals surface area (Å²) in [7, 11) is 9.77. The molecule has 0 aliphatic rings. The molecule has 2 aromatic carbocycles. The predicted octanol–water partition coefficient (Wildman–Crippen LogP) is 4.56. The SMILES string of the molecule is COC(C)(C(=O)c1ccc(CP)c(CP)c1)c1ccc(CP)cc1. The van der Waals surface area contributed by atoms with Gasteiger partial charge in [0.05, 0.1) is 0 Å². The molecule has 0 aromatic heterocycles. The van der Waals surface area contributed by atoms with Gasteiger partial charge in [-0.1, -0.05) is 36.4 Å².